The van der Waals surface area contributed by atoms with Gasteiger partial charge in [-0.15, -0.1) is 11.8 Å². The van der Waals surface area contributed by atoms with Gasteiger partial charge >= 0.3 is 0 Å². The fourth-order valence-corrected chi connectivity index (χ4v) is 3.61. The zero-order valence-corrected chi connectivity index (χ0v) is 11.1. The second kappa shape index (κ2) is 4.75. The highest BCUT2D eigenvalue weighted by molar-refractivity contribution is 9.09. The van der Waals surface area contributed by atoms with Gasteiger partial charge in [-0.3, -0.25) is 10.1 Å². The van der Waals surface area contributed by atoms with Gasteiger partial charge in [-0.05, 0) is 30.4 Å². The summed E-state index contributed by atoms with van der Waals surface area (Å²) in [6.45, 7) is 0. The zero-order chi connectivity index (χ0) is 11.6. The fourth-order valence-electron chi connectivity index (χ4n) is 1.39. The van der Waals surface area contributed by atoms with Crippen molar-refractivity contribution in [2.24, 2.45) is 5.41 Å². The maximum atomic E-state index is 10.5. The van der Waals surface area contributed by atoms with Gasteiger partial charge in [0.05, 0.1) is 4.92 Å². The number of rotatable bonds is 5. The first kappa shape index (κ1) is 11.9. The molecule has 5 heteroatoms. The SMILES string of the molecule is O=[N+]([O-])c1ccc(SCC2(CBr)CC2)cc1. The summed E-state index contributed by atoms with van der Waals surface area (Å²) in [5.74, 6) is 1.09. The molecule has 1 saturated carbocycles. The lowest BCUT2D eigenvalue weighted by Crippen LogP contribution is -2.04. The molecule has 0 atom stereocenters. The molecule has 1 aliphatic carbocycles. The Hall–Kier alpha value is -0.550. The topological polar surface area (TPSA) is 43.1 Å². The molecular weight excluding hydrogens is 290 g/mol. The van der Waals surface area contributed by atoms with E-state index in [0.29, 0.717) is 5.41 Å². The maximum absolute atomic E-state index is 10.5. The Bertz CT molecular complexity index is 389. The van der Waals surface area contributed by atoms with Crippen LogP contribution in [0.25, 0.3) is 0 Å². The molecule has 1 aliphatic rings. The van der Waals surface area contributed by atoms with Crippen LogP contribution in [0.1, 0.15) is 12.8 Å². The smallest absolute Gasteiger partial charge is 0.258 e. The van der Waals surface area contributed by atoms with E-state index in [0.717, 1.165) is 16.0 Å². The van der Waals surface area contributed by atoms with Crippen molar-refractivity contribution in [2.75, 3.05) is 11.1 Å². The molecule has 2 rings (SSSR count). The number of nitro groups is 1. The number of halogens is 1. The number of thioether (sulfide) groups is 1. The minimum atomic E-state index is -0.366. The molecule has 1 aromatic rings. The van der Waals surface area contributed by atoms with E-state index < -0.39 is 0 Å². The summed E-state index contributed by atoms with van der Waals surface area (Å²) >= 11 is 5.32. The molecule has 0 unspecified atom stereocenters. The van der Waals surface area contributed by atoms with Crippen LogP contribution in [0.2, 0.25) is 0 Å². The van der Waals surface area contributed by atoms with Crippen molar-refractivity contribution < 1.29 is 4.92 Å². The van der Waals surface area contributed by atoms with E-state index in [-0.39, 0.29) is 10.6 Å². The molecule has 3 nitrogen and oxygen atoms in total. The number of nitro benzene ring substituents is 1. The first-order valence-corrected chi connectivity index (χ1v) is 7.19. The van der Waals surface area contributed by atoms with Gasteiger partial charge in [-0.2, -0.15) is 0 Å². The number of non-ortho nitro benzene ring substituents is 1. The largest absolute Gasteiger partial charge is 0.269 e. The second-order valence-corrected chi connectivity index (χ2v) is 5.78. The van der Waals surface area contributed by atoms with E-state index >= 15 is 0 Å². The highest BCUT2D eigenvalue weighted by atomic mass is 79.9. The highest BCUT2D eigenvalue weighted by Crippen LogP contribution is 2.50. The molecule has 0 radical (unpaired) electrons. The molecule has 86 valence electrons. The Balaban J connectivity index is 1.93. The highest BCUT2D eigenvalue weighted by Gasteiger charge is 2.41. The van der Waals surface area contributed by atoms with Gasteiger partial charge in [0.2, 0.25) is 0 Å². The van der Waals surface area contributed by atoms with Crippen LogP contribution in [0, 0.1) is 15.5 Å². The molecule has 0 aliphatic heterocycles. The second-order valence-electron chi connectivity index (χ2n) is 4.17. The van der Waals surface area contributed by atoms with Gasteiger partial charge in [-0.1, -0.05) is 15.9 Å². The van der Waals surface area contributed by atoms with E-state index in [9.17, 15) is 10.1 Å². The van der Waals surface area contributed by atoms with Crippen LogP contribution in [-0.4, -0.2) is 16.0 Å². The summed E-state index contributed by atoms with van der Waals surface area (Å²) in [6, 6.07) is 6.78. The lowest BCUT2D eigenvalue weighted by Gasteiger charge is -2.09. The minimum Gasteiger partial charge on any atom is -0.258 e. The predicted molar refractivity (Wildman–Crippen MR) is 69.3 cm³/mol. The first-order chi connectivity index (χ1) is 7.65. The summed E-state index contributed by atoms with van der Waals surface area (Å²) in [5.41, 5.74) is 0.637. The predicted octanol–water partition coefficient (Wildman–Crippen LogP) is 3.86. The normalized spacial score (nSPS) is 17.1. The number of benzene rings is 1. The molecule has 0 N–H and O–H groups in total. The van der Waals surface area contributed by atoms with Crippen LogP contribution in [0.4, 0.5) is 5.69 Å². The van der Waals surface area contributed by atoms with Gasteiger partial charge in [0, 0.05) is 28.1 Å². The number of nitrogens with zero attached hydrogens (tertiary/aromatic N) is 1. The van der Waals surface area contributed by atoms with Gasteiger partial charge in [0.15, 0.2) is 0 Å². The van der Waals surface area contributed by atoms with Crippen LogP contribution in [0.5, 0.6) is 0 Å². The summed E-state index contributed by atoms with van der Waals surface area (Å²) in [4.78, 5) is 11.2. The minimum absolute atomic E-state index is 0.158. The van der Waals surface area contributed by atoms with Crippen LogP contribution in [-0.2, 0) is 0 Å². The van der Waals surface area contributed by atoms with Crippen molar-refractivity contribution >= 4 is 33.4 Å². The van der Waals surface area contributed by atoms with Crippen LogP contribution in [0.3, 0.4) is 0 Å². The fraction of sp³-hybridized carbons (Fsp3) is 0.455. The van der Waals surface area contributed by atoms with Crippen LogP contribution in [0.15, 0.2) is 29.2 Å². The van der Waals surface area contributed by atoms with Gasteiger partial charge < -0.3 is 0 Å². The summed E-state index contributed by atoms with van der Waals surface area (Å²) in [5, 5.41) is 11.5. The van der Waals surface area contributed by atoms with Crippen molar-refractivity contribution in [3.05, 3.63) is 34.4 Å². The van der Waals surface area contributed by atoms with E-state index in [1.165, 1.54) is 12.8 Å². The lowest BCUT2D eigenvalue weighted by molar-refractivity contribution is -0.384. The monoisotopic (exact) mass is 301 g/mol. The molecule has 0 aromatic heterocycles. The zero-order valence-electron chi connectivity index (χ0n) is 8.69. The van der Waals surface area contributed by atoms with Crippen LogP contribution >= 0.6 is 27.7 Å². The molecule has 16 heavy (non-hydrogen) atoms. The van der Waals surface area contributed by atoms with Crippen molar-refractivity contribution in [3.8, 4) is 0 Å². The quantitative estimate of drug-likeness (QED) is 0.359. The van der Waals surface area contributed by atoms with Gasteiger partial charge in [0.1, 0.15) is 0 Å². The summed E-state index contributed by atoms with van der Waals surface area (Å²) in [6.07, 6.45) is 2.58. The Kier molecular flexibility index (Phi) is 3.54. The van der Waals surface area contributed by atoms with E-state index in [2.05, 4.69) is 15.9 Å². The number of alkyl halides is 1. The van der Waals surface area contributed by atoms with Crippen molar-refractivity contribution in [3.63, 3.8) is 0 Å². The Labute approximate surface area is 107 Å². The van der Waals surface area contributed by atoms with E-state index in [1.54, 1.807) is 23.9 Å². The third kappa shape index (κ3) is 2.77. The molecule has 0 amide bonds. The number of hydrogen-bond acceptors (Lipinski definition) is 3. The molecule has 0 spiro atoms. The maximum Gasteiger partial charge on any atom is 0.269 e. The van der Waals surface area contributed by atoms with Crippen LogP contribution < -0.4 is 0 Å². The van der Waals surface area contributed by atoms with E-state index in [1.807, 2.05) is 12.1 Å². The molecule has 1 aromatic carbocycles. The number of hydrogen-bond donors (Lipinski definition) is 0. The average molecular weight is 302 g/mol. The van der Waals surface area contributed by atoms with Crippen molar-refractivity contribution in [2.45, 2.75) is 17.7 Å². The molecule has 0 bridgehead atoms. The van der Waals surface area contributed by atoms with Crippen molar-refractivity contribution in [1.29, 1.82) is 0 Å². The molecule has 0 heterocycles. The third-order valence-electron chi connectivity index (χ3n) is 2.83. The average Bonchev–Trinajstić information content (AvgIpc) is 3.08. The summed E-state index contributed by atoms with van der Waals surface area (Å²) in [7, 11) is 0. The Morgan fingerprint density at radius 1 is 1.38 bits per heavy atom. The van der Waals surface area contributed by atoms with Gasteiger partial charge in [-0.25, -0.2) is 0 Å². The molecule has 1 fully saturated rings. The molecular formula is C11H12BrNO2S. The third-order valence-corrected chi connectivity index (χ3v) is 5.38. The summed E-state index contributed by atoms with van der Waals surface area (Å²) < 4.78 is 0. The van der Waals surface area contributed by atoms with Crippen molar-refractivity contribution in [1.82, 2.24) is 0 Å². The molecule has 0 saturated heterocycles. The van der Waals surface area contributed by atoms with Gasteiger partial charge in [0.25, 0.3) is 5.69 Å². The Morgan fingerprint density at radius 2 is 2.00 bits per heavy atom. The van der Waals surface area contributed by atoms with E-state index in [4.69, 9.17) is 0 Å². The lowest BCUT2D eigenvalue weighted by atomic mass is 10.2. The Morgan fingerprint density at radius 3 is 2.44 bits per heavy atom. The standard InChI is InChI=1S/C11H12BrNO2S/c12-7-11(5-6-11)8-16-10-3-1-9(2-4-10)13(14)15/h1-4H,5-8H2. The first-order valence-electron chi connectivity index (χ1n) is 5.08.